The van der Waals surface area contributed by atoms with E-state index in [9.17, 15) is 0 Å². The van der Waals surface area contributed by atoms with E-state index in [0.717, 1.165) is 30.5 Å². The van der Waals surface area contributed by atoms with Crippen LogP contribution in [0.3, 0.4) is 0 Å². The molecule has 5 heteroatoms. The van der Waals surface area contributed by atoms with Gasteiger partial charge in [-0.2, -0.15) is 0 Å². The summed E-state index contributed by atoms with van der Waals surface area (Å²) in [5.41, 5.74) is 2.35. The summed E-state index contributed by atoms with van der Waals surface area (Å²) in [6.07, 6.45) is 1.94. The standard InChI is InChI=1S/C12H12ClN3.ClH/c13-10-3-1-9(2-4-10)11-7-15-12-8-14-5-6-16(11)12;/h1-4,7,14H,5-6,8H2;1H. The highest BCUT2D eigenvalue weighted by molar-refractivity contribution is 6.30. The maximum atomic E-state index is 5.88. The highest BCUT2D eigenvalue weighted by Gasteiger charge is 2.14. The van der Waals surface area contributed by atoms with E-state index >= 15 is 0 Å². The molecule has 0 fully saturated rings. The van der Waals surface area contributed by atoms with Gasteiger partial charge in [0.05, 0.1) is 18.4 Å². The molecule has 17 heavy (non-hydrogen) atoms. The van der Waals surface area contributed by atoms with Gasteiger partial charge in [0.1, 0.15) is 5.82 Å². The van der Waals surface area contributed by atoms with E-state index in [2.05, 4.69) is 14.9 Å². The molecule has 0 amide bonds. The van der Waals surface area contributed by atoms with Crippen LogP contribution < -0.4 is 5.32 Å². The van der Waals surface area contributed by atoms with Gasteiger partial charge in [0.15, 0.2) is 0 Å². The lowest BCUT2D eigenvalue weighted by atomic mass is 10.1. The van der Waals surface area contributed by atoms with E-state index < -0.39 is 0 Å². The molecule has 0 saturated heterocycles. The molecule has 2 heterocycles. The molecule has 0 spiro atoms. The number of rotatable bonds is 1. The third-order valence-electron chi connectivity index (χ3n) is 2.87. The van der Waals surface area contributed by atoms with Crippen LogP contribution >= 0.6 is 24.0 Å². The van der Waals surface area contributed by atoms with Crippen LogP contribution in [-0.4, -0.2) is 16.1 Å². The summed E-state index contributed by atoms with van der Waals surface area (Å²) >= 11 is 5.88. The summed E-state index contributed by atoms with van der Waals surface area (Å²) in [6.45, 7) is 2.84. The van der Waals surface area contributed by atoms with Crippen molar-refractivity contribution in [2.24, 2.45) is 0 Å². The molecule has 0 atom stereocenters. The molecule has 1 aliphatic rings. The molecule has 0 unspecified atom stereocenters. The summed E-state index contributed by atoms with van der Waals surface area (Å²) in [4.78, 5) is 4.42. The van der Waals surface area contributed by atoms with Gasteiger partial charge >= 0.3 is 0 Å². The molecule has 1 N–H and O–H groups in total. The Morgan fingerprint density at radius 3 is 2.76 bits per heavy atom. The average Bonchev–Trinajstić information content (AvgIpc) is 2.74. The molecule has 3 nitrogen and oxygen atoms in total. The van der Waals surface area contributed by atoms with Crippen LogP contribution in [-0.2, 0) is 13.1 Å². The van der Waals surface area contributed by atoms with Gasteiger partial charge in [0, 0.05) is 18.1 Å². The zero-order chi connectivity index (χ0) is 11.0. The minimum Gasteiger partial charge on any atom is -0.326 e. The predicted molar refractivity (Wildman–Crippen MR) is 71.6 cm³/mol. The third-order valence-corrected chi connectivity index (χ3v) is 3.13. The second kappa shape index (κ2) is 5.08. The maximum Gasteiger partial charge on any atom is 0.123 e. The van der Waals surface area contributed by atoms with Gasteiger partial charge < -0.3 is 9.88 Å². The topological polar surface area (TPSA) is 29.9 Å². The van der Waals surface area contributed by atoms with E-state index in [1.807, 2.05) is 30.5 Å². The Morgan fingerprint density at radius 1 is 1.24 bits per heavy atom. The van der Waals surface area contributed by atoms with Crippen molar-refractivity contribution in [1.29, 1.82) is 0 Å². The Hall–Kier alpha value is -1.03. The Morgan fingerprint density at radius 2 is 2.00 bits per heavy atom. The van der Waals surface area contributed by atoms with Crippen molar-refractivity contribution < 1.29 is 0 Å². The van der Waals surface area contributed by atoms with Crippen molar-refractivity contribution in [3.63, 3.8) is 0 Å². The second-order valence-electron chi connectivity index (χ2n) is 3.89. The molecule has 1 aromatic heterocycles. The van der Waals surface area contributed by atoms with Crippen molar-refractivity contribution in [2.75, 3.05) is 6.54 Å². The molecule has 0 saturated carbocycles. The van der Waals surface area contributed by atoms with Crippen LogP contribution in [0.4, 0.5) is 0 Å². The fourth-order valence-corrected chi connectivity index (χ4v) is 2.17. The van der Waals surface area contributed by atoms with Crippen LogP contribution in [0.25, 0.3) is 11.3 Å². The number of nitrogens with zero attached hydrogens (tertiary/aromatic N) is 2. The van der Waals surface area contributed by atoms with Crippen LogP contribution in [0, 0.1) is 0 Å². The Labute approximate surface area is 111 Å². The highest BCUT2D eigenvalue weighted by atomic mass is 35.5. The van der Waals surface area contributed by atoms with E-state index in [-0.39, 0.29) is 12.4 Å². The zero-order valence-corrected chi connectivity index (χ0v) is 10.8. The molecule has 0 radical (unpaired) electrons. The number of benzene rings is 1. The highest BCUT2D eigenvalue weighted by Crippen LogP contribution is 2.23. The minimum atomic E-state index is 0. The maximum absolute atomic E-state index is 5.88. The fourth-order valence-electron chi connectivity index (χ4n) is 2.05. The first kappa shape index (κ1) is 12.4. The Bertz CT molecular complexity index is 505. The smallest absolute Gasteiger partial charge is 0.123 e. The summed E-state index contributed by atoms with van der Waals surface area (Å²) < 4.78 is 2.26. The van der Waals surface area contributed by atoms with Gasteiger partial charge in [0.2, 0.25) is 0 Å². The number of hydrogen-bond donors (Lipinski definition) is 1. The number of imidazole rings is 1. The normalized spacial score (nSPS) is 13.9. The lowest BCUT2D eigenvalue weighted by molar-refractivity contribution is 0.508. The van der Waals surface area contributed by atoms with E-state index in [1.54, 1.807) is 0 Å². The van der Waals surface area contributed by atoms with Crippen molar-refractivity contribution in [3.8, 4) is 11.3 Å². The fraction of sp³-hybridized carbons (Fsp3) is 0.250. The SMILES string of the molecule is Cl.Clc1ccc(-c2cnc3n2CCNC3)cc1. The number of hydrogen-bond acceptors (Lipinski definition) is 2. The molecule has 0 bridgehead atoms. The van der Waals surface area contributed by atoms with Crippen molar-refractivity contribution in [2.45, 2.75) is 13.1 Å². The first-order valence-electron chi connectivity index (χ1n) is 5.35. The van der Waals surface area contributed by atoms with Crippen LogP contribution in [0.5, 0.6) is 0 Å². The summed E-state index contributed by atoms with van der Waals surface area (Å²) in [5, 5.41) is 4.08. The third kappa shape index (κ3) is 2.32. The van der Waals surface area contributed by atoms with Crippen molar-refractivity contribution in [3.05, 3.63) is 41.3 Å². The molecule has 1 aliphatic heterocycles. The van der Waals surface area contributed by atoms with E-state index in [4.69, 9.17) is 11.6 Å². The lowest BCUT2D eigenvalue weighted by Gasteiger charge is -2.17. The molecule has 90 valence electrons. The minimum absolute atomic E-state index is 0. The molecule has 0 aliphatic carbocycles. The van der Waals surface area contributed by atoms with Gasteiger partial charge in [-0.05, 0) is 17.7 Å². The molecule has 2 aromatic rings. The Balaban J connectivity index is 0.00000108. The van der Waals surface area contributed by atoms with Gasteiger partial charge in [-0.15, -0.1) is 12.4 Å². The van der Waals surface area contributed by atoms with Crippen molar-refractivity contribution in [1.82, 2.24) is 14.9 Å². The first-order valence-corrected chi connectivity index (χ1v) is 5.73. The van der Waals surface area contributed by atoms with Crippen molar-refractivity contribution >= 4 is 24.0 Å². The van der Waals surface area contributed by atoms with Crippen LogP contribution in [0.2, 0.25) is 5.02 Å². The first-order chi connectivity index (χ1) is 7.84. The van der Waals surface area contributed by atoms with Gasteiger partial charge in [-0.1, -0.05) is 23.7 Å². The number of nitrogens with one attached hydrogen (secondary N) is 1. The molecule has 1 aromatic carbocycles. The molecule has 3 rings (SSSR count). The van der Waals surface area contributed by atoms with Gasteiger partial charge in [-0.3, -0.25) is 0 Å². The van der Waals surface area contributed by atoms with Gasteiger partial charge in [0.25, 0.3) is 0 Å². The zero-order valence-electron chi connectivity index (χ0n) is 9.19. The van der Waals surface area contributed by atoms with E-state index in [0.29, 0.717) is 0 Å². The van der Waals surface area contributed by atoms with Gasteiger partial charge in [-0.25, -0.2) is 4.98 Å². The average molecular weight is 270 g/mol. The predicted octanol–water partition coefficient (Wildman–Crippen LogP) is 2.73. The van der Waals surface area contributed by atoms with E-state index in [1.165, 1.54) is 11.3 Å². The summed E-state index contributed by atoms with van der Waals surface area (Å²) in [7, 11) is 0. The summed E-state index contributed by atoms with van der Waals surface area (Å²) in [5.74, 6) is 1.11. The quantitative estimate of drug-likeness (QED) is 0.863. The van der Waals surface area contributed by atoms with Crippen LogP contribution in [0.15, 0.2) is 30.5 Å². The monoisotopic (exact) mass is 269 g/mol. The summed E-state index contributed by atoms with van der Waals surface area (Å²) in [6, 6.07) is 7.90. The number of fused-ring (bicyclic) bond motifs is 1. The number of aromatic nitrogens is 2. The second-order valence-corrected chi connectivity index (χ2v) is 4.33. The molecular formula is C12H13Cl2N3. The Kier molecular flexibility index (Phi) is 3.72. The van der Waals surface area contributed by atoms with Crippen LogP contribution in [0.1, 0.15) is 5.82 Å². The largest absolute Gasteiger partial charge is 0.326 e. The lowest BCUT2D eigenvalue weighted by Crippen LogP contribution is -2.28. The molecular weight excluding hydrogens is 257 g/mol. The number of halogens is 2.